The van der Waals surface area contributed by atoms with Crippen molar-refractivity contribution >= 4 is 0 Å². The number of rotatable bonds is 4. The molecule has 0 radical (unpaired) electrons. The zero-order chi connectivity index (χ0) is 11.4. The van der Waals surface area contributed by atoms with E-state index in [2.05, 4.69) is 23.6 Å². The van der Waals surface area contributed by atoms with E-state index >= 15 is 0 Å². The van der Waals surface area contributed by atoms with E-state index < -0.39 is 0 Å². The maximum atomic E-state index is 5.64. The first-order valence-electron chi connectivity index (χ1n) is 6.83. The molecular formula is C13H26N2O. The van der Waals surface area contributed by atoms with Crippen LogP contribution < -0.4 is 0 Å². The van der Waals surface area contributed by atoms with Crippen LogP contribution >= 0.6 is 0 Å². The Kier molecular flexibility index (Phi) is 4.62. The number of ether oxygens (including phenoxy) is 1. The van der Waals surface area contributed by atoms with Gasteiger partial charge in [-0.1, -0.05) is 0 Å². The largest absolute Gasteiger partial charge is 0.377 e. The van der Waals surface area contributed by atoms with Gasteiger partial charge in [0.1, 0.15) is 0 Å². The normalized spacial score (nSPS) is 28.3. The molecule has 16 heavy (non-hydrogen) atoms. The predicted octanol–water partition coefficient (Wildman–Crippen LogP) is 1.58. The maximum absolute atomic E-state index is 5.64. The molecule has 0 aromatic heterocycles. The fraction of sp³-hybridized carbons (Fsp3) is 1.00. The van der Waals surface area contributed by atoms with Gasteiger partial charge in [0.15, 0.2) is 0 Å². The lowest BCUT2D eigenvalue weighted by molar-refractivity contribution is 0.0576. The van der Waals surface area contributed by atoms with Crippen LogP contribution in [-0.2, 0) is 4.74 Å². The van der Waals surface area contributed by atoms with Crippen LogP contribution in [0.3, 0.4) is 0 Å². The molecule has 2 rings (SSSR count). The number of nitrogens with zero attached hydrogens (tertiary/aromatic N) is 2. The number of hydrogen-bond donors (Lipinski definition) is 0. The molecule has 0 bridgehead atoms. The lowest BCUT2D eigenvalue weighted by Gasteiger charge is -2.25. The average Bonchev–Trinajstić information content (AvgIpc) is 2.57. The second-order valence-corrected chi connectivity index (χ2v) is 5.41. The summed E-state index contributed by atoms with van der Waals surface area (Å²) in [4.78, 5) is 5.28. The van der Waals surface area contributed by atoms with Crippen LogP contribution in [0.1, 0.15) is 33.1 Å². The smallest absolute Gasteiger partial charge is 0.0596 e. The minimum absolute atomic E-state index is 0.370. The van der Waals surface area contributed by atoms with E-state index in [1.54, 1.807) is 0 Å². The highest BCUT2D eigenvalue weighted by molar-refractivity contribution is 4.84. The Balaban J connectivity index is 1.73. The third kappa shape index (κ3) is 3.44. The topological polar surface area (TPSA) is 15.7 Å². The summed E-state index contributed by atoms with van der Waals surface area (Å²) in [6.07, 6.45) is 4.51. The monoisotopic (exact) mass is 226 g/mol. The summed E-state index contributed by atoms with van der Waals surface area (Å²) >= 11 is 0. The van der Waals surface area contributed by atoms with Crippen LogP contribution in [-0.4, -0.2) is 61.3 Å². The van der Waals surface area contributed by atoms with Crippen LogP contribution in [0.5, 0.6) is 0 Å². The van der Waals surface area contributed by atoms with Crippen LogP contribution in [0, 0.1) is 0 Å². The lowest BCUT2D eigenvalue weighted by Crippen LogP contribution is -2.38. The van der Waals surface area contributed by atoms with Crippen LogP contribution in [0.4, 0.5) is 0 Å². The van der Waals surface area contributed by atoms with Gasteiger partial charge in [0.25, 0.3) is 0 Å². The second kappa shape index (κ2) is 5.99. The van der Waals surface area contributed by atoms with Crippen molar-refractivity contribution in [3.8, 4) is 0 Å². The van der Waals surface area contributed by atoms with Crippen molar-refractivity contribution in [2.75, 3.05) is 39.3 Å². The summed E-state index contributed by atoms with van der Waals surface area (Å²) in [5, 5.41) is 0. The van der Waals surface area contributed by atoms with Gasteiger partial charge < -0.3 is 4.74 Å². The van der Waals surface area contributed by atoms with Crippen LogP contribution in [0.2, 0.25) is 0 Å². The molecule has 0 aliphatic carbocycles. The molecule has 2 heterocycles. The van der Waals surface area contributed by atoms with Crippen molar-refractivity contribution in [1.82, 2.24) is 9.80 Å². The Morgan fingerprint density at radius 1 is 1.19 bits per heavy atom. The molecule has 1 atom stereocenters. The molecule has 2 fully saturated rings. The molecule has 0 aromatic carbocycles. The summed E-state index contributed by atoms with van der Waals surface area (Å²) < 4.78 is 5.64. The van der Waals surface area contributed by atoms with Gasteiger partial charge in [-0.3, -0.25) is 9.80 Å². The molecule has 94 valence electrons. The summed E-state index contributed by atoms with van der Waals surface area (Å²) in [5.74, 6) is 0. The lowest BCUT2D eigenvalue weighted by atomic mass is 10.2. The van der Waals surface area contributed by atoms with E-state index in [-0.39, 0.29) is 0 Å². The predicted molar refractivity (Wildman–Crippen MR) is 66.7 cm³/mol. The molecule has 0 amide bonds. The molecule has 3 heteroatoms. The molecule has 3 nitrogen and oxygen atoms in total. The van der Waals surface area contributed by atoms with Crippen molar-refractivity contribution in [2.24, 2.45) is 0 Å². The molecule has 0 spiro atoms. The first-order valence-corrected chi connectivity index (χ1v) is 6.83. The number of hydrogen-bond acceptors (Lipinski definition) is 3. The SMILES string of the molecule is CC(C)OCCN1CCCN2CCCC2C1. The number of fused-ring (bicyclic) bond motifs is 1. The van der Waals surface area contributed by atoms with Gasteiger partial charge in [0, 0.05) is 19.1 Å². The minimum atomic E-state index is 0.370. The Labute approximate surface area is 99.7 Å². The van der Waals surface area contributed by atoms with Crippen molar-refractivity contribution in [3.05, 3.63) is 0 Å². The highest BCUT2D eigenvalue weighted by Crippen LogP contribution is 2.20. The molecular weight excluding hydrogens is 200 g/mol. The van der Waals surface area contributed by atoms with Crippen molar-refractivity contribution in [3.63, 3.8) is 0 Å². The minimum Gasteiger partial charge on any atom is -0.377 e. The summed E-state index contributed by atoms with van der Waals surface area (Å²) in [5.41, 5.74) is 0. The Morgan fingerprint density at radius 3 is 2.81 bits per heavy atom. The first kappa shape index (κ1) is 12.3. The van der Waals surface area contributed by atoms with Gasteiger partial charge in [-0.25, -0.2) is 0 Å². The van der Waals surface area contributed by atoms with Crippen molar-refractivity contribution < 1.29 is 4.74 Å². The fourth-order valence-corrected chi connectivity index (χ4v) is 2.90. The van der Waals surface area contributed by atoms with Gasteiger partial charge in [-0.15, -0.1) is 0 Å². The van der Waals surface area contributed by atoms with E-state index in [1.165, 1.54) is 45.4 Å². The third-order valence-electron chi connectivity index (χ3n) is 3.75. The fourth-order valence-electron chi connectivity index (χ4n) is 2.90. The molecule has 2 aliphatic rings. The molecule has 0 saturated carbocycles. The quantitative estimate of drug-likeness (QED) is 0.724. The molecule has 2 saturated heterocycles. The molecule has 1 unspecified atom stereocenters. The standard InChI is InChI=1S/C13H26N2O/c1-12(2)16-10-9-14-6-4-8-15-7-3-5-13(15)11-14/h12-13H,3-11H2,1-2H3. The van der Waals surface area contributed by atoms with E-state index in [4.69, 9.17) is 4.74 Å². The van der Waals surface area contributed by atoms with Crippen LogP contribution in [0.15, 0.2) is 0 Å². The van der Waals surface area contributed by atoms with Gasteiger partial charge >= 0.3 is 0 Å². The highest BCUT2D eigenvalue weighted by atomic mass is 16.5. The Hall–Kier alpha value is -0.120. The average molecular weight is 226 g/mol. The highest BCUT2D eigenvalue weighted by Gasteiger charge is 2.28. The van der Waals surface area contributed by atoms with E-state index in [0.29, 0.717) is 6.10 Å². The Bertz CT molecular complexity index is 208. The van der Waals surface area contributed by atoms with Crippen LogP contribution in [0.25, 0.3) is 0 Å². The molecule has 0 N–H and O–H groups in total. The first-order chi connectivity index (χ1) is 7.75. The van der Waals surface area contributed by atoms with Gasteiger partial charge in [-0.2, -0.15) is 0 Å². The van der Waals surface area contributed by atoms with Crippen molar-refractivity contribution in [1.29, 1.82) is 0 Å². The van der Waals surface area contributed by atoms with Gasteiger partial charge in [0.05, 0.1) is 12.7 Å². The summed E-state index contributed by atoms with van der Waals surface area (Å²) in [6, 6.07) is 0.835. The third-order valence-corrected chi connectivity index (χ3v) is 3.75. The van der Waals surface area contributed by atoms with Crippen molar-refractivity contribution in [2.45, 2.75) is 45.3 Å². The van der Waals surface area contributed by atoms with E-state index in [0.717, 1.165) is 19.2 Å². The van der Waals surface area contributed by atoms with E-state index in [1.807, 2.05) is 0 Å². The van der Waals surface area contributed by atoms with Gasteiger partial charge in [0.2, 0.25) is 0 Å². The molecule has 2 aliphatic heterocycles. The maximum Gasteiger partial charge on any atom is 0.0596 e. The zero-order valence-electron chi connectivity index (χ0n) is 10.8. The summed E-state index contributed by atoms with van der Waals surface area (Å²) in [6.45, 7) is 11.4. The Morgan fingerprint density at radius 2 is 2.00 bits per heavy atom. The van der Waals surface area contributed by atoms with Gasteiger partial charge in [-0.05, 0) is 52.7 Å². The molecule has 0 aromatic rings. The van der Waals surface area contributed by atoms with E-state index in [9.17, 15) is 0 Å². The summed E-state index contributed by atoms with van der Waals surface area (Å²) in [7, 11) is 0. The second-order valence-electron chi connectivity index (χ2n) is 5.41. The zero-order valence-corrected chi connectivity index (χ0v) is 10.8.